The molecule has 5 nitrogen and oxygen atoms in total. The number of aromatic nitrogens is 4. The molecule has 1 N–H and O–H groups in total. The van der Waals surface area contributed by atoms with Crippen molar-refractivity contribution in [2.45, 2.75) is 33.0 Å². The first-order valence-corrected chi connectivity index (χ1v) is 5.74. The number of nitrogens with one attached hydrogen (secondary N) is 1. The van der Waals surface area contributed by atoms with Crippen molar-refractivity contribution in [2.24, 2.45) is 0 Å². The van der Waals surface area contributed by atoms with Gasteiger partial charge in [0, 0.05) is 37.1 Å². The monoisotopic (exact) mass is 231 g/mol. The molecule has 0 radical (unpaired) electrons. The number of hydrogen-bond donors (Lipinski definition) is 1. The van der Waals surface area contributed by atoms with Crippen molar-refractivity contribution in [3.05, 3.63) is 42.2 Å². The van der Waals surface area contributed by atoms with E-state index in [1.54, 1.807) is 12.5 Å². The zero-order valence-electron chi connectivity index (χ0n) is 10.2. The minimum atomic E-state index is 0.408. The highest BCUT2D eigenvalue weighted by Gasteiger charge is 2.01. The van der Waals surface area contributed by atoms with Crippen LogP contribution in [0.25, 0.3) is 0 Å². The lowest BCUT2D eigenvalue weighted by Crippen LogP contribution is -2.13. The van der Waals surface area contributed by atoms with Crippen LogP contribution in [0.3, 0.4) is 0 Å². The van der Waals surface area contributed by atoms with Gasteiger partial charge in [0.25, 0.3) is 0 Å². The standard InChI is InChI=1S/C12H17N5/c1-10(2)17-8-11(6-16-17)5-14-7-12-3-4-13-9-15-12/h3-4,6,8-10,14H,5,7H2,1-2H3. The Hall–Kier alpha value is -1.75. The molecule has 17 heavy (non-hydrogen) atoms. The van der Waals surface area contributed by atoms with E-state index in [9.17, 15) is 0 Å². The topological polar surface area (TPSA) is 55.6 Å². The predicted molar refractivity (Wildman–Crippen MR) is 65.2 cm³/mol. The van der Waals surface area contributed by atoms with Crippen molar-refractivity contribution in [1.82, 2.24) is 25.1 Å². The summed E-state index contributed by atoms with van der Waals surface area (Å²) in [6.45, 7) is 5.78. The molecule has 0 saturated heterocycles. The normalized spacial score (nSPS) is 11.0. The Morgan fingerprint density at radius 1 is 1.35 bits per heavy atom. The van der Waals surface area contributed by atoms with E-state index in [4.69, 9.17) is 0 Å². The van der Waals surface area contributed by atoms with E-state index in [0.717, 1.165) is 18.8 Å². The summed E-state index contributed by atoms with van der Waals surface area (Å²) in [6.07, 6.45) is 7.28. The molecule has 2 aromatic heterocycles. The molecule has 0 amide bonds. The van der Waals surface area contributed by atoms with Gasteiger partial charge in [-0.05, 0) is 19.9 Å². The zero-order valence-corrected chi connectivity index (χ0v) is 10.2. The fraction of sp³-hybridized carbons (Fsp3) is 0.417. The molecule has 0 spiro atoms. The van der Waals surface area contributed by atoms with Crippen molar-refractivity contribution in [3.63, 3.8) is 0 Å². The maximum absolute atomic E-state index is 4.29. The van der Waals surface area contributed by atoms with E-state index in [1.165, 1.54) is 5.56 Å². The van der Waals surface area contributed by atoms with Crippen LogP contribution in [-0.4, -0.2) is 19.7 Å². The lowest BCUT2D eigenvalue weighted by atomic mass is 10.3. The molecule has 0 aliphatic heterocycles. The van der Waals surface area contributed by atoms with Crippen LogP contribution in [0.1, 0.15) is 31.1 Å². The summed E-state index contributed by atoms with van der Waals surface area (Å²) in [5.74, 6) is 0. The quantitative estimate of drug-likeness (QED) is 0.848. The Labute approximate surface area is 101 Å². The fourth-order valence-electron chi connectivity index (χ4n) is 1.51. The van der Waals surface area contributed by atoms with E-state index in [0.29, 0.717) is 6.04 Å². The van der Waals surface area contributed by atoms with Crippen LogP contribution in [-0.2, 0) is 13.1 Å². The van der Waals surface area contributed by atoms with Crippen LogP contribution >= 0.6 is 0 Å². The number of nitrogens with zero attached hydrogens (tertiary/aromatic N) is 4. The first-order chi connectivity index (χ1) is 8.25. The predicted octanol–water partition coefficient (Wildman–Crippen LogP) is 1.54. The van der Waals surface area contributed by atoms with Crippen LogP contribution in [0.5, 0.6) is 0 Å². The molecule has 0 unspecified atom stereocenters. The van der Waals surface area contributed by atoms with Gasteiger partial charge in [0.1, 0.15) is 6.33 Å². The van der Waals surface area contributed by atoms with E-state index < -0.39 is 0 Å². The Bertz CT molecular complexity index is 449. The van der Waals surface area contributed by atoms with Gasteiger partial charge < -0.3 is 5.32 Å². The second-order valence-electron chi connectivity index (χ2n) is 4.23. The average Bonchev–Trinajstić information content (AvgIpc) is 2.79. The van der Waals surface area contributed by atoms with Crippen LogP contribution in [0, 0.1) is 0 Å². The summed E-state index contributed by atoms with van der Waals surface area (Å²) in [4.78, 5) is 8.03. The third-order valence-electron chi connectivity index (χ3n) is 2.46. The highest BCUT2D eigenvalue weighted by Crippen LogP contribution is 2.05. The summed E-state index contributed by atoms with van der Waals surface area (Å²) in [5.41, 5.74) is 2.18. The van der Waals surface area contributed by atoms with Gasteiger partial charge in [-0.25, -0.2) is 9.97 Å². The number of rotatable bonds is 5. The van der Waals surface area contributed by atoms with Gasteiger partial charge in [0.05, 0.1) is 11.9 Å². The lowest BCUT2D eigenvalue weighted by molar-refractivity contribution is 0.531. The second-order valence-corrected chi connectivity index (χ2v) is 4.23. The average molecular weight is 231 g/mol. The largest absolute Gasteiger partial charge is 0.307 e. The maximum atomic E-state index is 4.29. The number of hydrogen-bond acceptors (Lipinski definition) is 4. The van der Waals surface area contributed by atoms with E-state index >= 15 is 0 Å². The van der Waals surface area contributed by atoms with Crippen LogP contribution in [0.4, 0.5) is 0 Å². The van der Waals surface area contributed by atoms with E-state index in [-0.39, 0.29) is 0 Å². The molecular formula is C12H17N5. The highest BCUT2D eigenvalue weighted by molar-refractivity contribution is 5.04. The van der Waals surface area contributed by atoms with Gasteiger partial charge in [0.2, 0.25) is 0 Å². The third kappa shape index (κ3) is 3.35. The first kappa shape index (κ1) is 11.7. The molecule has 5 heteroatoms. The molecular weight excluding hydrogens is 214 g/mol. The highest BCUT2D eigenvalue weighted by atomic mass is 15.3. The molecule has 0 aliphatic rings. The zero-order chi connectivity index (χ0) is 12.1. The second kappa shape index (κ2) is 5.54. The molecule has 0 bridgehead atoms. The van der Waals surface area contributed by atoms with Crippen LogP contribution in [0.2, 0.25) is 0 Å². The first-order valence-electron chi connectivity index (χ1n) is 5.74. The Kier molecular flexibility index (Phi) is 3.82. The summed E-state index contributed by atoms with van der Waals surface area (Å²) in [7, 11) is 0. The minimum absolute atomic E-state index is 0.408. The van der Waals surface area contributed by atoms with Gasteiger partial charge in [-0.2, -0.15) is 5.10 Å². The van der Waals surface area contributed by atoms with Crippen molar-refractivity contribution < 1.29 is 0 Å². The van der Waals surface area contributed by atoms with Crippen LogP contribution < -0.4 is 5.32 Å². The van der Waals surface area contributed by atoms with Crippen molar-refractivity contribution >= 4 is 0 Å². The Morgan fingerprint density at radius 3 is 2.88 bits per heavy atom. The van der Waals surface area contributed by atoms with Crippen LogP contribution in [0.15, 0.2) is 31.0 Å². The van der Waals surface area contributed by atoms with Gasteiger partial charge in [-0.15, -0.1) is 0 Å². The smallest absolute Gasteiger partial charge is 0.115 e. The molecule has 2 aromatic rings. The minimum Gasteiger partial charge on any atom is -0.307 e. The van der Waals surface area contributed by atoms with E-state index in [1.807, 2.05) is 16.9 Å². The maximum Gasteiger partial charge on any atom is 0.115 e. The third-order valence-corrected chi connectivity index (χ3v) is 2.46. The molecule has 0 aromatic carbocycles. The molecule has 2 rings (SSSR count). The van der Waals surface area contributed by atoms with Crippen molar-refractivity contribution in [1.29, 1.82) is 0 Å². The lowest BCUT2D eigenvalue weighted by Gasteiger charge is -2.04. The van der Waals surface area contributed by atoms with Crippen molar-refractivity contribution in [3.8, 4) is 0 Å². The molecule has 0 aliphatic carbocycles. The van der Waals surface area contributed by atoms with E-state index in [2.05, 4.69) is 40.4 Å². The SMILES string of the molecule is CC(C)n1cc(CNCc2ccncn2)cn1. The summed E-state index contributed by atoms with van der Waals surface area (Å²) >= 11 is 0. The molecule has 0 atom stereocenters. The molecule has 0 fully saturated rings. The fourth-order valence-corrected chi connectivity index (χ4v) is 1.51. The summed E-state index contributed by atoms with van der Waals surface area (Å²) < 4.78 is 1.96. The van der Waals surface area contributed by atoms with Gasteiger partial charge >= 0.3 is 0 Å². The molecule has 2 heterocycles. The summed E-state index contributed by atoms with van der Waals surface area (Å²) in [6, 6.07) is 2.32. The summed E-state index contributed by atoms with van der Waals surface area (Å²) in [5, 5.41) is 7.62. The van der Waals surface area contributed by atoms with Gasteiger partial charge in [-0.3, -0.25) is 4.68 Å². The van der Waals surface area contributed by atoms with Crippen molar-refractivity contribution in [2.75, 3.05) is 0 Å². The molecule has 0 saturated carbocycles. The van der Waals surface area contributed by atoms with Gasteiger partial charge in [0.15, 0.2) is 0 Å². The Morgan fingerprint density at radius 2 is 2.24 bits per heavy atom. The molecule has 90 valence electrons. The van der Waals surface area contributed by atoms with Gasteiger partial charge in [-0.1, -0.05) is 0 Å². The Balaban J connectivity index is 1.82.